The molecule has 1 fully saturated rings. The molecule has 0 saturated carbocycles. The minimum atomic E-state index is -0.638. The van der Waals surface area contributed by atoms with Gasteiger partial charge in [0.1, 0.15) is 16.8 Å². The first-order valence-electron chi connectivity index (χ1n) is 6.51. The predicted octanol–water partition coefficient (Wildman–Crippen LogP) is 2.43. The standard InChI is InChI=1S/C13H20ClN3O/c1-3-5-11-15-10(14)8-12(16-11)17-7-4-6-13(2,18)9-17/h8,18H,3-7,9H2,1-2H3. The van der Waals surface area contributed by atoms with Crippen LogP contribution in [0.3, 0.4) is 0 Å². The normalized spacial score (nSPS) is 24.3. The van der Waals surface area contributed by atoms with Crippen LogP contribution in [0.1, 0.15) is 38.9 Å². The summed E-state index contributed by atoms with van der Waals surface area (Å²) in [5, 5.41) is 10.6. The van der Waals surface area contributed by atoms with E-state index in [1.165, 1.54) is 0 Å². The van der Waals surface area contributed by atoms with Gasteiger partial charge in [0.15, 0.2) is 0 Å². The van der Waals surface area contributed by atoms with Crippen molar-refractivity contribution < 1.29 is 5.11 Å². The number of hydrogen-bond acceptors (Lipinski definition) is 4. The van der Waals surface area contributed by atoms with Gasteiger partial charge in [0, 0.05) is 25.6 Å². The molecule has 5 heteroatoms. The van der Waals surface area contributed by atoms with Gasteiger partial charge < -0.3 is 10.0 Å². The van der Waals surface area contributed by atoms with Crippen molar-refractivity contribution in [3.05, 3.63) is 17.0 Å². The first-order valence-corrected chi connectivity index (χ1v) is 6.89. The molecule has 0 bridgehead atoms. The van der Waals surface area contributed by atoms with Gasteiger partial charge in [0.2, 0.25) is 0 Å². The summed E-state index contributed by atoms with van der Waals surface area (Å²) in [4.78, 5) is 10.8. The average molecular weight is 270 g/mol. The van der Waals surface area contributed by atoms with Gasteiger partial charge in [-0.15, -0.1) is 0 Å². The topological polar surface area (TPSA) is 49.2 Å². The number of piperidine rings is 1. The number of aromatic nitrogens is 2. The van der Waals surface area contributed by atoms with Crippen molar-refractivity contribution in [1.29, 1.82) is 0 Å². The molecule has 1 saturated heterocycles. The molecule has 1 aromatic heterocycles. The van der Waals surface area contributed by atoms with Crippen LogP contribution in [-0.4, -0.2) is 33.8 Å². The monoisotopic (exact) mass is 269 g/mol. The molecule has 4 nitrogen and oxygen atoms in total. The van der Waals surface area contributed by atoms with Crippen LogP contribution < -0.4 is 4.90 Å². The summed E-state index contributed by atoms with van der Waals surface area (Å²) in [7, 11) is 0. The third kappa shape index (κ3) is 3.33. The number of aliphatic hydroxyl groups is 1. The third-order valence-electron chi connectivity index (χ3n) is 3.20. The Morgan fingerprint density at radius 3 is 2.94 bits per heavy atom. The molecule has 2 heterocycles. The molecule has 0 amide bonds. The Morgan fingerprint density at radius 1 is 1.50 bits per heavy atom. The molecule has 0 aromatic carbocycles. The Kier molecular flexibility index (Phi) is 4.07. The van der Waals surface area contributed by atoms with Crippen LogP contribution in [0.2, 0.25) is 5.15 Å². The van der Waals surface area contributed by atoms with Crippen LogP contribution in [0, 0.1) is 0 Å². The summed E-state index contributed by atoms with van der Waals surface area (Å²) in [6.07, 6.45) is 3.64. The van der Waals surface area contributed by atoms with Gasteiger partial charge >= 0.3 is 0 Å². The quantitative estimate of drug-likeness (QED) is 0.857. The minimum Gasteiger partial charge on any atom is -0.388 e. The molecule has 0 spiro atoms. The third-order valence-corrected chi connectivity index (χ3v) is 3.39. The zero-order valence-electron chi connectivity index (χ0n) is 11.0. The zero-order chi connectivity index (χ0) is 13.2. The van der Waals surface area contributed by atoms with E-state index in [1.54, 1.807) is 6.07 Å². The largest absolute Gasteiger partial charge is 0.388 e. The molecule has 1 aliphatic heterocycles. The second-order valence-corrected chi connectivity index (χ2v) is 5.62. The van der Waals surface area contributed by atoms with E-state index in [0.717, 1.165) is 43.9 Å². The molecular weight excluding hydrogens is 250 g/mol. The van der Waals surface area contributed by atoms with E-state index in [2.05, 4.69) is 21.8 Å². The first kappa shape index (κ1) is 13.6. The van der Waals surface area contributed by atoms with Crippen molar-refractivity contribution in [3.8, 4) is 0 Å². The summed E-state index contributed by atoms with van der Waals surface area (Å²) in [5.74, 6) is 1.61. The van der Waals surface area contributed by atoms with Crippen molar-refractivity contribution in [2.75, 3.05) is 18.0 Å². The molecular formula is C13H20ClN3O. The van der Waals surface area contributed by atoms with E-state index in [0.29, 0.717) is 11.7 Å². The molecule has 1 N–H and O–H groups in total. The Morgan fingerprint density at radius 2 is 2.28 bits per heavy atom. The van der Waals surface area contributed by atoms with E-state index in [9.17, 15) is 5.11 Å². The van der Waals surface area contributed by atoms with E-state index in [1.807, 2.05) is 6.92 Å². The lowest BCUT2D eigenvalue weighted by Gasteiger charge is -2.37. The van der Waals surface area contributed by atoms with Crippen molar-refractivity contribution in [2.24, 2.45) is 0 Å². The molecule has 0 radical (unpaired) electrons. The van der Waals surface area contributed by atoms with Gasteiger partial charge in [-0.05, 0) is 26.2 Å². The summed E-state index contributed by atoms with van der Waals surface area (Å²) >= 11 is 6.04. The van der Waals surface area contributed by atoms with E-state index in [4.69, 9.17) is 11.6 Å². The zero-order valence-corrected chi connectivity index (χ0v) is 11.7. The van der Waals surface area contributed by atoms with Gasteiger partial charge in [0.05, 0.1) is 5.60 Å². The maximum atomic E-state index is 10.1. The molecule has 1 atom stereocenters. The van der Waals surface area contributed by atoms with Crippen molar-refractivity contribution in [1.82, 2.24) is 9.97 Å². The second kappa shape index (κ2) is 5.41. The number of β-amino-alcohol motifs (C(OH)–C–C–N with tert-alkyl or cyclic N) is 1. The SMILES string of the molecule is CCCc1nc(Cl)cc(N2CCCC(C)(O)C2)n1. The van der Waals surface area contributed by atoms with Crippen molar-refractivity contribution >= 4 is 17.4 Å². The summed E-state index contributed by atoms with van der Waals surface area (Å²) in [5.41, 5.74) is -0.638. The van der Waals surface area contributed by atoms with E-state index < -0.39 is 5.60 Å². The van der Waals surface area contributed by atoms with Crippen molar-refractivity contribution in [2.45, 2.75) is 45.1 Å². The number of nitrogens with zero attached hydrogens (tertiary/aromatic N) is 3. The number of halogens is 1. The predicted molar refractivity (Wildman–Crippen MR) is 73.1 cm³/mol. The molecule has 1 aliphatic rings. The average Bonchev–Trinajstić information content (AvgIpc) is 2.27. The van der Waals surface area contributed by atoms with Gasteiger partial charge in [-0.2, -0.15) is 0 Å². The summed E-state index contributed by atoms with van der Waals surface area (Å²) in [6.45, 7) is 5.48. The summed E-state index contributed by atoms with van der Waals surface area (Å²) < 4.78 is 0. The van der Waals surface area contributed by atoms with Gasteiger partial charge in [-0.3, -0.25) is 0 Å². The molecule has 1 unspecified atom stereocenters. The van der Waals surface area contributed by atoms with Crippen LogP contribution in [0.5, 0.6) is 0 Å². The Labute approximate surface area is 113 Å². The lowest BCUT2D eigenvalue weighted by Crippen LogP contribution is -2.46. The fraction of sp³-hybridized carbons (Fsp3) is 0.692. The highest BCUT2D eigenvalue weighted by molar-refractivity contribution is 6.29. The smallest absolute Gasteiger partial charge is 0.134 e. The Hall–Kier alpha value is -0.870. The molecule has 1 aromatic rings. The van der Waals surface area contributed by atoms with E-state index >= 15 is 0 Å². The van der Waals surface area contributed by atoms with Crippen LogP contribution in [-0.2, 0) is 6.42 Å². The fourth-order valence-electron chi connectivity index (χ4n) is 2.36. The lowest BCUT2D eigenvalue weighted by molar-refractivity contribution is 0.0447. The number of hydrogen-bond donors (Lipinski definition) is 1. The summed E-state index contributed by atoms with van der Waals surface area (Å²) in [6, 6.07) is 1.78. The van der Waals surface area contributed by atoms with Crippen molar-refractivity contribution in [3.63, 3.8) is 0 Å². The first-order chi connectivity index (χ1) is 8.50. The van der Waals surface area contributed by atoms with Crippen LogP contribution in [0.15, 0.2) is 6.07 Å². The Balaban J connectivity index is 2.21. The van der Waals surface area contributed by atoms with Crippen LogP contribution >= 0.6 is 11.6 Å². The second-order valence-electron chi connectivity index (χ2n) is 5.24. The molecule has 0 aliphatic carbocycles. The highest BCUT2D eigenvalue weighted by Gasteiger charge is 2.29. The highest BCUT2D eigenvalue weighted by Crippen LogP contribution is 2.25. The van der Waals surface area contributed by atoms with Crippen LogP contribution in [0.4, 0.5) is 5.82 Å². The van der Waals surface area contributed by atoms with Gasteiger partial charge in [0.25, 0.3) is 0 Å². The maximum absolute atomic E-state index is 10.1. The molecule has 100 valence electrons. The highest BCUT2D eigenvalue weighted by atomic mass is 35.5. The van der Waals surface area contributed by atoms with Crippen LogP contribution in [0.25, 0.3) is 0 Å². The van der Waals surface area contributed by atoms with Gasteiger partial charge in [-0.1, -0.05) is 18.5 Å². The fourth-order valence-corrected chi connectivity index (χ4v) is 2.56. The maximum Gasteiger partial charge on any atom is 0.134 e. The Bertz CT molecular complexity index is 423. The van der Waals surface area contributed by atoms with E-state index in [-0.39, 0.29) is 0 Å². The lowest BCUT2D eigenvalue weighted by atomic mass is 9.95. The minimum absolute atomic E-state index is 0.480. The number of aryl methyl sites for hydroxylation is 1. The number of rotatable bonds is 3. The number of anilines is 1. The van der Waals surface area contributed by atoms with Gasteiger partial charge in [-0.25, -0.2) is 9.97 Å². The molecule has 2 rings (SSSR count). The molecule has 18 heavy (non-hydrogen) atoms.